The van der Waals surface area contributed by atoms with Gasteiger partial charge in [-0.15, -0.1) is 16.8 Å². The first kappa shape index (κ1) is 21.3. The van der Waals surface area contributed by atoms with Gasteiger partial charge in [-0.3, -0.25) is 4.57 Å². The van der Waals surface area contributed by atoms with E-state index in [-0.39, 0.29) is 0 Å². The number of halogens is 1. The molecule has 0 spiro atoms. The molecule has 0 aliphatic rings. The number of aromatic nitrogens is 3. The number of hydrogen-bond acceptors (Lipinski definition) is 6. The minimum Gasteiger partial charge on any atom is -0.497 e. The van der Waals surface area contributed by atoms with Crippen molar-refractivity contribution in [2.45, 2.75) is 17.5 Å². The highest BCUT2D eigenvalue weighted by Crippen LogP contribution is 2.36. The van der Waals surface area contributed by atoms with E-state index in [2.05, 4.69) is 32.7 Å². The maximum absolute atomic E-state index is 5.42. The van der Waals surface area contributed by atoms with Crippen LogP contribution in [-0.4, -0.2) is 36.1 Å². The standard InChI is InChI=1S/C21H22BrN3O3S/c1-5-10-25-20(14-6-8-16(26-2)9-7-14)23-24-21(25)29-13-15-11-18(27-3)19(28-4)12-17(15)22/h5-9,11-12H,1,10,13H2,2-4H3. The van der Waals surface area contributed by atoms with Crippen LogP contribution >= 0.6 is 27.7 Å². The SMILES string of the molecule is C=CCn1c(SCc2cc(OC)c(OC)cc2Br)nnc1-c1ccc(OC)cc1. The molecule has 0 aliphatic carbocycles. The topological polar surface area (TPSA) is 58.4 Å². The summed E-state index contributed by atoms with van der Waals surface area (Å²) in [6.45, 7) is 4.48. The highest BCUT2D eigenvalue weighted by Gasteiger charge is 2.16. The van der Waals surface area contributed by atoms with E-state index in [1.165, 1.54) is 0 Å². The van der Waals surface area contributed by atoms with Crippen molar-refractivity contribution in [2.75, 3.05) is 21.3 Å². The molecule has 0 N–H and O–H groups in total. The summed E-state index contributed by atoms with van der Waals surface area (Å²) < 4.78 is 19.0. The summed E-state index contributed by atoms with van der Waals surface area (Å²) in [7, 11) is 4.90. The summed E-state index contributed by atoms with van der Waals surface area (Å²) in [5.41, 5.74) is 2.05. The Hall–Kier alpha value is -2.45. The number of thioether (sulfide) groups is 1. The van der Waals surface area contributed by atoms with Gasteiger partial charge in [0.1, 0.15) is 5.75 Å². The Kier molecular flexibility index (Phi) is 7.22. The monoisotopic (exact) mass is 475 g/mol. The zero-order valence-electron chi connectivity index (χ0n) is 16.5. The Morgan fingerprint density at radius 3 is 2.34 bits per heavy atom. The number of hydrogen-bond donors (Lipinski definition) is 0. The quantitative estimate of drug-likeness (QED) is 0.312. The number of nitrogens with zero attached hydrogens (tertiary/aromatic N) is 3. The van der Waals surface area contributed by atoms with E-state index in [1.54, 1.807) is 33.1 Å². The minimum absolute atomic E-state index is 0.615. The Labute approximate surface area is 183 Å². The molecule has 0 saturated heterocycles. The zero-order valence-corrected chi connectivity index (χ0v) is 18.9. The second-order valence-corrected chi connectivity index (χ2v) is 7.82. The molecule has 1 heterocycles. The fourth-order valence-electron chi connectivity index (χ4n) is 2.79. The fourth-order valence-corrected chi connectivity index (χ4v) is 4.38. The zero-order chi connectivity index (χ0) is 20.8. The minimum atomic E-state index is 0.615. The Bertz CT molecular complexity index is 990. The van der Waals surface area contributed by atoms with Gasteiger partial charge in [0.25, 0.3) is 0 Å². The van der Waals surface area contributed by atoms with E-state index in [1.807, 2.05) is 47.0 Å². The smallest absolute Gasteiger partial charge is 0.192 e. The molecule has 2 aromatic carbocycles. The van der Waals surface area contributed by atoms with E-state index in [4.69, 9.17) is 14.2 Å². The fraction of sp³-hybridized carbons (Fsp3) is 0.238. The van der Waals surface area contributed by atoms with Gasteiger partial charge < -0.3 is 14.2 Å². The molecule has 0 bridgehead atoms. The Morgan fingerprint density at radius 2 is 1.72 bits per heavy atom. The highest BCUT2D eigenvalue weighted by molar-refractivity contribution is 9.10. The second-order valence-electron chi connectivity index (χ2n) is 6.02. The van der Waals surface area contributed by atoms with E-state index < -0.39 is 0 Å². The Balaban J connectivity index is 1.86. The van der Waals surface area contributed by atoms with Crippen molar-refractivity contribution in [3.05, 3.63) is 59.1 Å². The molecule has 3 rings (SSSR count). The number of rotatable bonds is 9. The molecule has 8 heteroatoms. The Morgan fingerprint density at radius 1 is 1.03 bits per heavy atom. The first-order valence-electron chi connectivity index (χ1n) is 8.83. The molecule has 0 unspecified atom stereocenters. The summed E-state index contributed by atoms with van der Waals surface area (Å²) in [4.78, 5) is 0. The van der Waals surface area contributed by atoms with Gasteiger partial charge in [-0.25, -0.2) is 0 Å². The molecule has 0 fully saturated rings. The first-order chi connectivity index (χ1) is 14.1. The predicted octanol–water partition coefficient (Wildman–Crippen LogP) is 5.21. The molecule has 0 atom stereocenters. The van der Waals surface area contributed by atoms with Crippen molar-refractivity contribution in [3.8, 4) is 28.6 Å². The van der Waals surface area contributed by atoms with Gasteiger partial charge in [0.15, 0.2) is 22.5 Å². The lowest BCUT2D eigenvalue weighted by molar-refractivity contribution is 0.354. The van der Waals surface area contributed by atoms with Crippen LogP contribution in [0, 0.1) is 0 Å². The summed E-state index contributed by atoms with van der Waals surface area (Å²) in [5, 5.41) is 9.62. The van der Waals surface area contributed by atoms with Crippen LogP contribution in [0.15, 0.2) is 58.7 Å². The third-order valence-corrected chi connectivity index (χ3v) is 6.04. The predicted molar refractivity (Wildman–Crippen MR) is 119 cm³/mol. The van der Waals surface area contributed by atoms with E-state index in [0.29, 0.717) is 23.8 Å². The number of benzene rings is 2. The van der Waals surface area contributed by atoms with E-state index >= 15 is 0 Å². The van der Waals surface area contributed by atoms with Crippen LogP contribution in [0.1, 0.15) is 5.56 Å². The van der Waals surface area contributed by atoms with Gasteiger partial charge in [-0.05, 0) is 42.0 Å². The van der Waals surface area contributed by atoms with Crippen LogP contribution in [0.5, 0.6) is 17.2 Å². The molecular weight excluding hydrogens is 454 g/mol. The average molecular weight is 476 g/mol. The van der Waals surface area contributed by atoms with Crippen LogP contribution in [0.25, 0.3) is 11.4 Å². The molecule has 152 valence electrons. The first-order valence-corrected chi connectivity index (χ1v) is 10.6. The maximum atomic E-state index is 5.42. The van der Waals surface area contributed by atoms with Crippen molar-refractivity contribution in [1.29, 1.82) is 0 Å². The number of methoxy groups -OCH3 is 3. The van der Waals surface area contributed by atoms with Gasteiger partial charge in [0.05, 0.1) is 21.3 Å². The van der Waals surface area contributed by atoms with Crippen molar-refractivity contribution in [1.82, 2.24) is 14.8 Å². The third-order valence-electron chi connectivity index (χ3n) is 4.29. The lowest BCUT2D eigenvalue weighted by Crippen LogP contribution is -2.01. The highest BCUT2D eigenvalue weighted by atomic mass is 79.9. The molecule has 1 aromatic heterocycles. The molecule has 29 heavy (non-hydrogen) atoms. The average Bonchev–Trinajstić information content (AvgIpc) is 3.15. The lowest BCUT2D eigenvalue weighted by atomic mass is 10.2. The number of ether oxygens (including phenoxy) is 3. The van der Waals surface area contributed by atoms with Gasteiger partial charge in [0.2, 0.25) is 0 Å². The molecule has 0 amide bonds. The summed E-state index contributed by atoms with van der Waals surface area (Å²) in [6, 6.07) is 11.6. The number of allylic oxidation sites excluding steroid dienone is 1. The molecule has 0 saturated carbocycles. The van der Waals surface area contributed by atoms with Crippen molar-refractivity contribution in [3.63, 3.8) is 0 Å². The summed E-state index contributed by atoms with van der Waals surface area (Å²) in [5.74, 6) is 3.67. The largest absolute Gasteiger partial charge is 0.497 e. The van der Waals surface area contributed by atoms with Crippen molar-refractivity contribution >= 4 is 27.7 Å². The molecule has 0 aliphatic heterocycles. The van der Waals surface area contributed by atoms with Crippen LogP contribution in [-0.2, 0) is 12.3 Å². The van der Waals surface area contributed by atoms with Crippen molar-refractivity contribution < 1.29 is 14.2 Å². The van der Waals surface area contributed by atoms with Crippen molar-refractivity contribution in [2.24, 2.45) is 0 Å². The van der Waals surface area contributed by atoms with Gasteiger partial charge in [-0.1, -0.05) is 33.8 Å². The van der Waals surface area contributed by atoms with E-state index in [0.717, 1.165) is 32.3 Å². The van der Waals surface area contributed by atoms with Crippen LogP contribution < -0.4 is 14.2 Å². The maximum Gasteiger partial charge on any atom is 0.192 e. The molecular formula is C21H22BrN3O3S. The lowest BCUT2D eigenvalue weighted by Gasteiger charge is -2.12. The van der Waals surface area contributed by atoms with Gasteiger partial charge in [-0.2, -0.15) is 0 Å². The molecule has 6 nitrogen and oxygen atoms in total. The summed E-state index contributed by atoms with van der Waals surface area (Å²) >= 11 is 5.21. The summed E-state index contributed by atoms with van der Waals surface area (Å²) in [6.07, 6.45) is 1.84. The van der Waals surface area contributed by atoms with Crippen LogP contribution in [0.3, 0.4) is 0 Å². The van der Waals surface area contributed by atoms with E-state index in [9.17, 15) is 0 Å². The second kappa shape index (κ2) is 9.84. The van der Waals surface area contributed by atoms with Crippen LogP contribution in [0.2, 0.25) is 0 Å². The molecule has 3 aromatic rings. The van der Waals surface area contributed by atoms with Crippen LogP contribution in [0.4, 0.5) is 0 Å². The normalized spacial score (nSPS) is 10.6. The van der Waals surface area contributed by atoms with Gasteiger partial charge >= 0.3 is 0 Å². The van der Waals surface area contributed by atoms with Gasteiger partial charge in [0, 0.05) is 22.3 Å². The third kappa shape index (κ3) is 4.76. The molecule has 0 radical (unpaired) electrons.